The monoisotopic (exact) mass is 532 g/mol. The van der Waals surface area contributed by atoms with Crippen LogP contribution in [-0.4, -0.2) is 76.2 Å². The van der Waals surface area contributed by atoms with Gasteiger partial charge in [-0.3, -0.25) is 9.78 Å². The molecule has 0 unspecified atom stereocenters. The van der Waals surface area contributed by atoms with Crippen LogP contribution in [0.15, 0.2) is 43.0 Å². The van der Waals surface area contributed by atoms with Gasteiger partial charge < -0.3 is 19.8 Å². The number of carbonyl (C=O) groups is 1. The molecule has 8 nitrogen and oxygen atoms in total. The number of amides is 1. The molecule has 3 aromatic rings. The highest BCUT2D eigenvalue weighted by molar-refractivity contribution is 5.97. The molecule has 0 saturated carbocycles. The maximum absolute atomic E-state index is 13.9. The third-order valence-electron chi connectivity index (χ3n) is 8.31. The Kier molecular flexibility index (Phi) is 8.07. The van der Waals surface area contributed by atoms with Gasteiger partial charge in [-0.05, 0) is 80.3 Å². The number of anilines is 2. The van der Waals surface area contributed by atoms with E-state index >= 15 is 0 Å². The first-order valence-corrected chi connectivity index (χ1v) is 13.7. The number of hydrogen-bond donors (Lipinski definition) is 1. The number of nitrogens with zero attached hydrogens (tertiary/aromatic N) is 6. The third-order valence-corrected chi connectivity index (χ3v) is 8.31. The summed E-state index contributed by atoms with van der Waals surface area (Å²) in [5.74, 6) is 1.70. The number of aryl methyl sites for hydroxylation is 2. The van der Waals surface area contributed by atoms with E-state index in [4.69, 9.17) is 0 Å². The fraction of sp³-hybridized carbons (Fsp3) is 0.467. The molecule has 0 bridgehead atoms. The van der Waals surface area contributed by atoms with Gasteiger partial charge in [0.2, 0.25) is 0 Å². The smallest absolute Gasteiger partial charge is 0.254 e. The molecule has 0 spiro atoms. The molecule has 4 heterocycles. The summed E-state index contributed by atoms with van der Waals surface area (Å²) < 4.78 is 13.4. The van der Waals surface area contributed by atoms with Gasteiger partial charge in [-0.25, -0.2) is 14.4 Å². The minimum atomic E-state index is -0.398. The van der Waals surface area contributed by atoms with Crippen LogP contribution >= 0.6 is 0 Å². The van der Waals surface area contributed by atoms with Gasteiger partial charge in [0.1, 0.15) is 17.5 Å². The SMILES string of the molecule is Cc1cc(C)c(C(=O)N2CCN(c3ccc(F)cn3)[C@H](CO)C2)c(C)c1CC1CCN(c2cnccn2)CC1. The average molecular weight is 533 g/mol. The van der Waals surface area contributed by atoms with Gasteiger partial charge in [-0.1, -0.05) is 6.07 Å². The molecule has 2 aromatic heterocycles. The number of piperazine rings is 1. The van der Waals surface area contributed by atoms with Crippen LogP contribution in [0.4, 0.5) is 16.0 Å². The summed E-state index contributed by atoms with van der Waals surface area (Å²) in [5.41, 5.74) is 5.34. The van der Waals surface area contributed by atoms with Gasteiger partial charge >= 0.3 is 0 Å². The molecule has 1 N–H and O–H groups in total. The summed E-state index contributed by atoms with van der Waals surface area (Å²) in [4.78, 5) is 32.8. The molecule has 2 aliphatic rings. The Balaban J connectivity index is 1.29. The molecular weight excluding hydrogens is 495 g/mol. The number of aliphatic hydroxyl groups excluding tert-OH is 1. The van der Waals surface area contributed by atoms with Crippen molar-refractivity contribution in [3.8, 4) is 0 Å². The number of carbonyl (C=O) groups excluding carboxylic acids is 1. The number of rotatable bonds is 6. The van der Waals surface area contributed by atoms with E-state index in [0.717, 1.165) is 54.9 Å². The number of benzene rings is 1. The lowest BCUT2D eigenvalue weighted by atomic mass is 9.84. The number of aromatic nitrogens is 3. The summed E-state index contributed by atoms with van der Waals surface area (Å²) in [6.07, 6.45) is 9.54. The molecule has 2 saturated heterocycles. The Hall–Kier alpha value is -3.59. The molecule has 0 aliphatic carbocycles. The molecule has 9 heteroatoms. The van der Waals surface area contributed by atoms with Gasteiger partial charge in [0, 0.05) is 50.7 Å². The van der Waals surface area contributed by atoms with Crippen molar-refractivity contribution in [2.24, 2.45) is 5.92 Å². The van der Waals surface area contributed by atoms with Crippen LogP contribution in [0.3, 0.4) is 0 Å². The van der Waals surface area contributed by atoms with Crippen LogP contribution in [0.1, 0.15) is 45.5 Å². The van der Waals surface area contributed by atoms with Crippen molar-refractivity contribution < 1.29 is 14.3 Å². The predicted octanol–water partition coefficient (Wildman–Crippen LogP) is 3.72. The predicted molar refractivity (Wildman–Crippen MR) is 150 cm³/mol. The van der Waals surface area contributed by atoms with Gasteiger partial charge in [0.15, 0.2) is 0 Å². The molecule has 0 radical (unpaired) electrons. The zero-order valence-corrected chi connectivity index (χ0v) is 23.0. The van der Waals surface area contributed by atoms with Crippen LogP contribution in [0.2, 0.25) is 0 Å². The Morgan fingerprint density at radius 2 is 1.79 bits per heavy atom. The Morgan fingerprint density at radius 1 is 1.00 bits per heavy atom. The maximum atomic E-state index is 13.9. The van der Waals surface area contributed by atoms with Crippen molar-refractivity contribution in [3.63, 3.8) is 0 Å². The normalized spacial score (nSPS) is 18.5. The molecule has 1 amide bonds. The highest BCUT2D eigenvalue weighted by Crippen LogP contribution is 2.31. The largest absolute Gasteiger partial charge is 0.394 e. The van der Waals surface area contributed by atoms with E-state index in [2.05, 4.69) is 39.8 Å². The molecule has 1 aromatic carbocycles. The van der Waals surface area contributed by atoms with E-state index in [1.165, 1.54) is 23.4 Å². The zero-order valence-electron chi connectivity index (χ0n) is 23.0. The fourth-order valence-corrected chi connectivity index (χ4v) is 6.17. The first-order valence-electron chi connectivity index (χ1n) is 13.7. The van der Waals surface area contributed by atoms with Crippen molar-refractivity contribution in [1.82, 2.24) is 19.9 Å². The lowest BCUT2D eigenvalue weighted by molar-refractivity contribution is 0.0697. The number of piperidine rings is 1. The minimum absolute atomic E-state index is 0.00823. The van der Waals surface area contributed by atoms with Gasteiger partial charge in [-0.15, -0.1) is 0 Å². The fourth-order valence-electron chi connectivity index (χ4n) is 6.17. The Bertz CT molecular complexity index is 1300. The van der Waals surface area contributed by atoms with Crippen LogP contribution < -0.4 is 9.80 Å². The van der Waals surface area contributed by atoms with Crippen LogP contribution in [0, 0.1) is 32.5 Å². The standard InChI is InChI=1S/C30H37FN6O2/c1-20-14-21(2)29(22(3)26(20)15-23-6-10-35(11-7-23)28-17-32-8-9-33-28)30(39)36-12-13-37(25(18-36)19-38)27-5-4-24(31)16-34-27/h4-5,8-9,14,16-17,23,25,38H,6-7,10-13,15,18-19H2,1-3H3/t25-/m0/s1. The molecule has 5 rings (SSSR count). The van der Waals surface area contributed by atoms with Crippen LogP contribution in [0.25, 0.3) is 0 Å². The maximum Gasteiger partial charge on any atom is 0.254 e. The molecule has 1 atom stereocenters. The first kappa shape index (κ1) is 27.0. The lowest BCUT2D eigenvalue weighted by Gasteiger charge is -2.41. The van der Waals surface area contributed by atoms with Crippen LogP contribution in [-0.2, 0) is 6.42 Å². The van der Waals surface area contributed by atoms with Crippen molar-refractivity contribution in [2.45, 2.75) is 46.1 Å². The average Bonchev–Trinajstić information content (AvgIpc) is 2.96. The van der Waals surface area contributed by atoms with Crippen molar-refractivity contribution in [3.05, 3.63) is 76.6 Å². The molecule has 206 valence electrons. The summed E-state index contributed by atoms with van der Waals surface area (Å²) in [6.45, 7) is 9.45. The molecule has 2 aliphatic heterocycles. The van der Waals surface area contributed by atoms with Crippen molar-refractivity contribution in [2.75, 3.05) is 49.1 Å². The number of hydrogen-bond acceptors (Lipinski definition) is 7. The second-order valence-corrected chi connectivity index (χ2v) is 10.8. The van der Waals surface area contributed by atoms with Crippen molar-refractivity contribution >= 4 is 17.5 Å². The Labute approximate surface area is 229 Å². The lowest BCUT2D eigenvalue weighted by Crippen LogP contribution is -2.56. The van der Waals surface area contributed by atoms with Gasteiger partial charge in [0.05, 0.1) is 25.0 Å². The second kappa shape index (κ2) is 11.7. The number of aliphatic hydroxyl groups is 1. The highest BCUT2D eigenvalue weighted by Gasteiger charge is 2.32. The van der Waals surface area contributed by atoms with Crippen LogP contribution in [0.5, 0.6) is 0 Å². The highest BCUT2D eigenvalue weighted by atomic mass is 19.1. The van der Waals surface area contributed by atoms with E-state index in [9.17, 15) is 14.3 Å². The van der Waals surface area contributed by atoms with Gasteiger partial charge in [-0.2, -0.15) is 0 Å². The quantitative estimate of drug-likeness (QED) is 0.518. The van der Waals surface area contributed by atoms with E-state index < -0.39 is 5.82 Å². The third kappa shape index (κ3) is 5.73. The van der Waals surface area contributed by atoms with Gasteiger partial charge in [0.25, 0.3) is 5.91 Å². The molecule has 39 heavy (non-hydrogen) atoms. The molecule has 2 fully saturated rings. The Morgan fingerprint density at radius 3 is 2.46 bits per heavy atom. The summed E-state index contributed by atoms with van der Waals surface area (Å²) >= 11 is 0. The molecular formula is C30H37FN6O2. The summed E-state index contributed by atoms with van der Waals surface area (Å²) in [6, 6.07) is 4.83. The minimum Gasteiger partial charge on any atom is -0.394 e. The van der Waals surface area contributed by atoms with E-state index in [1.54, 1.807) is 18.5 Å². The summed E-state index contributed by atoms with van der Waals surface area (Å²) in [5, 5.41) is 10.1. The second-order valence-electron chi connectivity index (χ2n) is 10.8. The first-order chi connectivity index (χ1) is 18.9. The topological polar surface area (TPSA) is 85.7 Å². The van der Waals surface area contributed by atoms with Crippen molar-refractivity contribution in [1.29, 1.82) is 0 Å². The van der Waals surface area contributed by atoms with E-state index in [1.807, 2.05) is 22.9 Å². The van der Waals surface area contributed by atoms with E-state index in [0.29, 0.717) is 31.4 Å². The van der Waals surface area contributed by atoms with E-state index in [-0.39, 0.29) is 18.6 Å². The number of pyridine rings is 1. The number of halogens is 1. The summed E-state index contributed by atoms with van der Waals surface area (Å²) in [7, 11) is 0. The zero-order chi connectivity index (χ0) is 27.5.